The summed E-state index contributed by atoms with van der Waals surface area (Å²) in [6.07, 6.45) is 0. The molecule has 1 heterocycles. The molecule has 2 aromatic rings. The molecular formula is C13H9ClF2O2S. The predicted octanol–water partition coefficient (Wildman–Crippen LogP) is 4.54. The SMILES string of the molecule is Cc1cc(C(=O)c2ccccc2OC(F)F)sc1Cl. The van der Waals surface area contributed by atoms with Gasteiger partial charge < -0.3 is 4.74 Å². The van der Waals surface area contributed by atoms with Crippen LogP contribution in [0.25, 0.3) is 0 Å². The van der Waals surface area contributed by atoms with Crippen LogP contribution >= 0.6 is 22.9 Å². The van der Waals surface area contributed by atoms with Gasteiger partial charge in [-0.1, -0.05) is 23.7 Å². The lowest BCUT2D eigenvalue weighted by molar-refractivity contribution is -0.0501. The van der Waals surface area contributed by atoms with E-state index in [-0.39, 0.29) is 17.1 Å². The van der Waals surface area contributed by atoms with Crippen LogP contribution in [0.2, 0.25) is 4.34 Å². The van der Waals surface area contributed by atoms with E-state index in [9.17, 15) is 13.6 Å². The topological polar surface area (TPSA) is 26.3 Å². The van der Waals surface area contributed by atoms with Gasteiger partial charge in [-0.3, -0.25) is 4.79 Å². The molecule has 0 spiro atoms. The van der Waals surface area contributed by atoms with Crippen LogP contribution in [-0.4, -0.2) is 12.4 Å². The van der Waals surface area contributed by atoms with Gasteiger partial charge in [0.2, 0.25) is 5.78 Å². The standard InChI is InChI=1S/C13H9ClF2O2S/c1-7-6-10(19-12(7)14)11(17)8-4-2-3-5-9(8)18-13(15)16/h2-6,13H,1H3. The predicted molar refractivity (Wildman–Crippen MR) is 70.6 cm³/mol. The van der Waals surface area contributed by atoms with Gasteiger partial charge in [0.05, 0.1) is 14.8 Å². The molecule has 0 saturated heterocycles. The minimum Gasteiger partial charge on any atom is -0.434 e. The molecule has 1 aromatic carbocycles. The average molecular weight is 303 g/mol. The van der Waals surface area contributed by atoms with Crippen LogP contribution in [0.3, 0.4) is 0 Å². The van der Waals surface area contributed by atoms with Crippen molar-refractivity contribution in [1.82, 2.24) is 0 Å². The number of ether oxygens (including phenoxy) is 1. The van der Waals surface area contributed by atoms with Crippen molar-refractivity contribution < 1.29 is 18.3 Å². The largest absolute Gasteiger partial charge is 0.434 e. The fourth-order valence-corrected chi connectivity index (χ4v) is 2.71. The van der Waals surface area contributed by atoms with Crippen molar-refractivity contribution in [3.8, 4) is 5.75 Å². The van der Waals surface area contributed by atoms with Gasteiger partial charge in [0.25, 0.3) is 0 Å². The Morgan fingerprint density at radius 3 is 2.63 bits per heavy atom. The summed E-state index contributed by atoms with van der Waals surface area (Å²) >= 11 is 7.02. The Labute approximate surface area is 117 Å². The molecule has 2 nitrogen and oxygen atoms in total. The number of aryl methyl sites for hydroxylation is 1. The van der Waals surface area contributed by atoms with Gasteiger partial charge >= 0.3 is 6.61 Å². The second-order valence-corrected chi connectivity index (χ2v) is 5.43. The molecule has 0 aliphatic heterocycles. The molecule has 0 saturated carbocycles. The van der Waals surface area contributed by atoms with Gasteiger partial charge in [0, 0.05) is 0 Å². The van der Waals surface area contributed by atoms with Crippen molar-refractivity contribution in [2.75, 3.05) is 0 Å². The summed E-state index contributed by atoms with van der Waals surface area (Å²) in [6.45, 7) is -1.19. The lowest BCUT2D eigenvalue weighted by Crippen LogP contribution is -2.08. The van der Waals surface area contributed by atoms with E-state index >= 15 is 0 Å². The van der Waals surface area contributed by atoms with Crippen LogP contribution in [0.4, 0.5) is 8.78 Å². The van der Waals surface area contributed by atoms with E-state index in [4.69, 9.17) is 11.6 Å². The first kappa shape index (κ1) is 14.0. The van der Waals surface area contributed by atoms with Gasteiger partial charge in [-0.15, -0.1) is 11.3 Å². The summed E-state index contributed by atoms with van der Waals surface area (Å²) in [5.41, 5.74) is 0.878. The molecule has 0 atom stereocenters. The summed E-state index contributed by atoms with van der Waals surface area (Å²) in [6, 6.07) is 7.54. The first-order valence-corrected chi connectivity index (χ1v) is 6.53. The fourth-order valence-electron chi connectivity index (χ4n) is 1.56. The molecule has 6 heteroatoms. The Bertz CT molecular complexity index is 591. The zero-order valence-corrected chi connectivity index (χ0v) is 11.4. The van der Waals surface area contributed by atoms with Crippen molar-refractivity contribution in [2.24, 2.45) is 0 Å². The number of halogens is 3. The summed E-state index contributed by atoms with van der Waals surface area (Å²) in [5, 5.41) is 0. The minimum atomic E-state index is -2.97. The zero-order chi connectivity index (χ0) is 14.0. The highest BCUT2D eigenvalue weighted by atomic mass is 35.5. The summed E-state index contributed by atoms with van der Waals surface area (Å²) < 4.78 is 29.4. The molecule has 0 aliphatic rings. The van der Waals surface area contributed by atoms with Crippen molar-refractivity contribution in [1.29, 1.82) is 0 Å². The number of hydrogen-bond donors (Lipinski definition) is 0. The highest BCUT2D eigenvalue weighted by Gasteiger charge is 2.19. The number of thiophene rings is 1. The summed E-state index contributed by atoms with van der Waals surface area (Å²) in [7, 11) is 0. The van der Waals surface area contributed by atoms with E-state index in [1.54, 1.807) is 19.1 Å². The molecule has 19 heavy (non-hydrogen) atoms. The maximum Gasteiger partial charge on any atom is 0.387 e. The smallest absolute Gasteiger partial charge is 0.387 e. The Morgan fingerprint density at radius 2 is 2.05 bits per heavy atom. The first-order valence-electron chi connectivity index (χ1n) is 5.33. The van der Waals surface area contributed by atoms with Crippen LogP contribution in [-0.2, 0) is 0 Å². The highest BCUT2D eigenvalue weighted by Crippen LogP contribution is 2.31. The Balaban J connectivity index is 2.38. The Hall–Kier alpha value is -1.46. The number of ketones is 1. The van der Waals surface area contributed by atoms with Crippen LogP contribution in [0.5, 0.6) is 5.75 Å². The molecule has 0 unspecified atom stereocenters. The van der Waals surface area contributed by atoms with E-state index in [1.165, 1.54) is 18.2 Å². The third-order valence-electron chi connectivity index (χ3n) is 2.43. The molecular weight excluding hydrogens is 294 g/mol. The van der Waals surface area contributed by atoms with E-state index in [2.05, 4.69) is 4.74 Å². The zero-order valence-electron chi connectivity index (χ0n) is 9.82. The van der Waals surface area contributed by atoms with Gasteiger partial charge in [-0.25, -0.2) is 0 Å². The van der Waals surface area contributed by atoms with Crippen molar-refractivity contribution in [3.63, 3.8) is 0 Å². The molecule has 0 amide bonds. The lowest BCUT2D eigenvalue weighted by atomic mass is 10.1. The number of carbonyl (C=O) groups is 1. The Morgan fingerprint density at radius 1 is 1.37 bits per heavy atom. The second kappa shape index (κ2) is 5.67. The molecule has 0 N–H and O–H groups in total. The molecule has 0 fully saturated rings. The molecule has 0 bridgehead atoms. The quantitative estimate of drug-likeness (QED) is 0.775. The molecule has 0 radical (unpaired) electrons. The van der Waals surface area contributed by atoms with Crippen LogP contribution < -0.4 is 4.74 Å². The Kier molecular flexibility index (Phi) is 4.17. The molecule has 2 rings (SSSR count). The number of rotatable bonds is 4. The van der Waals surface area contributed by atoms with Gasteiger partial charge in [0.1, 0.15) is 5.75 Å². The van der Waals surface area contributed by atoms with Gasteiger partial charge in [-0.2, -0.15) is 8.78 Å². The molecule has 0 aliphatic carbocycles. The van der Waals surface area contributed by atoms with Crippen molar-refractivity contribution >= 4 is 28.7 Å². The number of hydrogen-bond acceptors (Lipinski definition) is 3. The monoisotopic (exact) mass is 302 g/mol. The van der Waals surface area contributed by atoms with Gasteiger partial charge in [-0.05, 0) is 30.7 Å². The average Bonchev–Trinajstić information content (AvgIpc) is 2.69. The second-order valence-electron chi connectivity index (χ2n) is 3.77. The fraction of sp³-hybridized carbons (Fsp3) is 0.154. The molecule has 100 valence electrons. The van der Waals surface area contributed by atoms with E-state index in [0.717, 1.165) is 16.9 Å². The third-order valence-corrected chi connectivity index (χ3v) is 3.98. The van der Waals surface area contributed by atoms with Crippen molar-refractivity contribution in [3.05, 3.63) is 50.7 Å². The maximum atomic E-state index is 12.3. The molecule has 1 aromatic heterocycles. The maximum absolute atomic E-state index is 12.3. The van der Waals surface area contributed by atoms with Gasteiger partial charge in [0.15, 0.2) is 0 Å². The first-order chi connectivity index (χ1) is 8.99. The van der Waals surface area contributed by atoms with Crippen molar-refractivity contribution in [2.45, 2.75) is 13.5 Å². The summed E-state index contributed by atoms with van der Waals surface area (Å²) in [5.74, 6) is -0.513. The van der Waals surface area contributed by atoms with E-state index in [1.807, 2.05) is 0 Å². The third kappa shape index (κ3) is 3.11. The number of alkyl halides is 2. The van der Waals surface area contributed by atoms with E-state index < -0.39 is 6.61 Å². The number of benzene rings is 1. The minimum absolute atomic E-state index is 0.0979. The number of para-hydroxylation sites is 1. The number of carbonyl (C=O) groups excluding carboxylic acids is 1. The highest BCUT2D eigenvalue weighted by molar-refractivity contribution is 7.18. The van der Waals surface area contributed by atoms with Crippen LogP contribution in [0.15, 0.2) is 30.3 Å². The van der Waals surface area contributed by atoms with E-state index in [0.29, 0.717) is 9.21 Å². The lowest BCUT2D eigenvalue weighted by Gasteiger charge is -2.08. The summed E-state index contributed by atoms with van der Waals surface area (Å²) in [4.78, 5) is 12.6. The van der Waals surface area contributed by atoms with Crippen LogP contribution in [0, 0.1) is 6.92 Å². The normalized spacial score (nSPS) is 10.8. The van der Waals surface area contributed by atoms with Crippen LogP contribution in [0.1, 0.15) is 20.8 Å².